The van der Waals surface area contributed by atoms with Crippen molar-refractivity contribution in [3.8, 4) is 0 Å². The van der Waals surface area contributed by atoms with E-state index in [2.05, 4.69) is 21.2 Å². The first-order chi connectivity index (χ1) is 7.56. The molecule has 2 atom stereocenters. The van der Waals surface area contributed by atoms with Crippen molar-refractivity contribution in [2.24, 2.45) is 5.73 Å². The largest absolute Gasteiger partial charge is 0.368 e. The molecule has 0 saturated heterocycles. The molecule has 1 amide bonds. The zero-order chi connectivity index (χ0) is 12.1. The van der Waals surface area contributed by atoms with Gasteiger partial charge in [0.05, 0.1) is 6.04 Å². The van der Waals surface area contributed by atoms with Crippen molar-refractivity contribution >= 4 is 21.8 Å². The molecule has 16 heavy (non-hydrogen) atoms. The zero-order valence-corrected chi connectivity index (χ0v) is 11.1. The van der Waals surface area contributed by atoms with E-state index < -0.39 is 0 Å². The van der Waals surface area contributed by atoms with E-state index in [1.165, 1.54) is 0 Å². The minimum Gasteiger partial charge on any atom is -0.368 e. The summed E-state index contributed by atoms with van der Waals surface area (Å²) in [4.78, 5) is 11.1. The standard InChI is InChI=1S/C12H17BrN2O/c1-3-11(12(14)16)15-8(2)9-6-4-5-7-10(9)13/h4-8,11,15H,3H2,1-2H3,(H2,14,16)/t8-,11?/m1/s1. The van der Waals surface area contributed by atoms with Crippen molar-refractivity contribution in [1.29, 1.82) is 0 Å². The number of primary amides is 1. The number of hydrogen-bond donors (Lipinski definition) is 2. The lowest BCUT2D eigenvalue weighted by Gasteiger charge is -2.20. The highest BCUT2D eigenvalue weighted by molar-refractivity contribution is 9.10. The number of rotatable bonds is 5. The van der Waals surface area contributed by atoms with E-state index in [1.807, 2.05) is 38.1 Å². The van der Waals surface area contributed by atoms with E-state index >= 15 is 0 Å². The van der Waals surface area contributed by atoms with Gasteiger partial charge in [0.2, 0.25) is 5.91 Å². The number of benzene rings is 1. The van der Waals surface area contributed by atoms with Gasteiger partial charge in [-0.15, -0.1) is 0 Å². The molecule has 4 heteroatoms. The average molecular weight is 285 g/mol. The molecule has 0 aromatic heterocycles. The van der Waals surface area contributed by atoms with Crippen molar-refractivity contribution in [2.75, 3.05) is 0 Å². The molecular formula is C12H17BrN2O. The van der Waals surface area contributed by atoms with Crippen LogP contribution in [0.4, 0.5) is 0 Å². The Morgan fingerprint density at radius 1 is 1.50 bits per heavy atom. The van der Waals surface area contributed by atoms with Crippen molar-refractivity contribution < 1.29 is 4.79 Å². The Morgan fingerprint density at radius 2 is 2.12 bits per heavy atom. The molecule has 0 spiro atoms. The molecule has 0 aliphatic rings. The minimum atomic E-state index is -0.304. The highest BCUT2D eigenvalue weighted by Crippen LogP contribution is 2.23. The fourth-order valence-electron chi connectivity index (χ4n) is 1.62. The number of hydrogen-bond acceptors (Lipinski definition) is 2. The van der Waals surface area contributed by atoms with E-state index in [1.54, 1.807) is 0 Å². The van der Waals surface area contributed by atoms with Gasteiger partial charge in [0.15, 0.2) is 0 Å². The average Bonchev–Trinajstić information content (AvgIpc) is 2.25. The molecule has 3 N–H and O–H groups in total. The lowest BCUT2D eigenvalue weighted by molar-refractivity contribution is -0.120. The van der Waals surface area contributed by atoms with E-state index in [4.69, 9.17) is 5.73 Å². The summed E-state index contributed by atoms with van der Waals surface area (Å²) in [5, 5.41) is 3.22. The van der Waals surface area contributed by atoms with Crippen LogP contribution < -0.4 is 11.1 Å². The van der Waals surface area contributed by atoms with Gasteiger partial charge in [-0.3, -0.25) is 10.1 Å². The summed E-state index contributed by atoms with van der Waals surface area (Å²) in [6, 6.07) is 7.76. The van der Waals surface area contributed by atoms with E-state index in [9.17, 15) is 4.79 Å². The normalized spacial score (nSPS) is 14.4. The van der Waals surface area contributed by atoms with Crippen LogP contribution in [-0.2, 0) is 4.79 Å². The first kappa shape index (κ1) is 13.2. The predicted molar refractivity (Wildman–Crippen MR) is 69.0 cm³/mol. The maximum Gasteiger partial charge on any atom is 0.234 e. The van der Waals surface area contributed by atoms with E-state index in [0.29, 0.717) is 6.42 Å². The van der Waals surface area contributed by atoms with E-state index in [0.717, 1.165) is 10.0 Å². The van der Waals surface area contributed by atoms with Gasteiger partial charge in [0.1, 0.15) is 0 Å². The van der Waals surface area contributed by atoms with Crippen LogP contribution in [0.3, 0.4) is 0 Å². The van der Waals surface area contributed by atoms with Crippen LogP contribution in [0.1, 0.15) is 31.9 Å². The van der Waals surface area contributed by atoms with Crippen molar-refractivity contribution in [1.82, 2.24) is 5.32 Å². The lowest BCUT2D eigenvalue weighted by atomic mass is 10.1. The third-order valence-corrected chi connectivity index (χ3v) is 3.30. The van der Waals surface area contributed by atoms with Gasteiger partial charge in [0.25, 0.3) is 0 Å². The zero-order valence-electron chi connectivity index (χ0n) is 9.53. The first-order valence-electron chi connectivity index (χ1n) is 5.36. The topological polar surface area (TPSA) is 55.1 Å². The molecule has 0 aliphatic heterocycles. The van der Waals surface area contributed by atoms with Crippen LogP contribution in [-0.4, -0.2) is 11.9 Å². The summed E-state index contributed by atoms with van der Waals surface area (Å²) in [6.07, 6.45) is 0.699. The Bertz CT molecular complexity index is 368. The molecule has 3 nitrogen and oxygen atoms in total. The monoisotopic (exact) mass is 284 g/mol. The maximum absolute atomic E-state index is 11.1. The molecule has 1 aromatic rings. The van der Waals surface area contributed by atoms with Crippen LogP contribution >= 0.6 is 15.9 Å². The van der Waals surface area contributed by atoms with Gasteiger partial charge in [-0.25, -0.2) is 0 Å². The fraction of sp³-hybridized carbons (Fsp3) is 0.417. The Kier molecular flexibility index (Phi) is 4.96. The Morgan fingerprint density at radius 3 is 2.62 bits per heavy atom. The molecule has 1 rings (SSSR count). The first-order valence-corrected chi connectivity index (χ1v) is 6.15. The molecule has 0 heterocycles. The molecule has 0 bridgehead atoms. The lowest BCUT2D eigenvalue weighted by Crippen LogP contribution is -2.41. The summed E-state index contributed by atoms with van der Waals surface area (Å²) in [5.74, 6) is -0.304. The number of halogens is 1. The van der Waals surface area contributed by atoms with Crippen LogP contribution in [0.2, 0.25) is 0 Å². The van der Waals surface area contributed by atoms with Gasteiger partial charge < -0.3 is 5.73 Å². The number of amides is 1. The molecule has 0 radical (unpaired) electrons. The van der Waals surface area contributed by atoms with Gasteiger partial charge in [0, 0.05) is 10.5 Å². The molecule has 0 saturated carbocycles. The van der Waals surface area contributed by atoms with Gasteiger partial charge >= 0.3 is 0 Å². The van der Waals surface area contributed by atoms with Crippen LogP contribution in [0.15, 0.2) is 28.7 Å². The van der Waals surface area contributed by atoms with Gasteiger partial charge in [-0.05, 0) is 25.0 Å². The Balaban J connectivity index is 2.75. The van der Waals surface area contributed by atoms with Crippen LogP contribution in [0.25, 0.3) is 0 Å². The molecular weight excluding hydrogens is 268 g/mol. The third kappa shape index (κ3) is 3.32. The number of carbonyl (C=O) groups is 1. The fourth-order valence-corrected chi connectivity index (χ4v) is 2.25. The van der Waals surface area contributed by atoms with Crippen LogP contribution in [0.5, 0.6) is 0 Å². The van der Waals surface area contributed by atoms with Crippen molar-refractivity contribution in [2.45, 2.75) is 32.4 Å². The molecule has 1 unspecified atom stereocenters. The summed E-state index contributed by atoms with van der Waals surface area (Å²) < 4.78 is 1.04. The highest BCUT2D eigenvalue weighted by Gasteiger charge is 2.17. The predicted octanol–water partition coefficient (Wildman–Crippen LogP) is 2.36. The highest BCUT2D eigenvalue weighted by atomic mass is 79.9. The Labute approximate surface area is 105 Å². The van der Waals surface area contributed by atoms with Gasteiger partial charge in [-0.1, -0.05) is 41.1 Å². The molecule has 1 aromatic carbocycles. The second-order valence-corrected chi connectivity index (χ2v) is 4.63. The van der Waals surface area contributed by atoms with Crippen molar-refractivity contribution in [3.05, 3.63) is 34.3 Å². The molecule has 88 valence electrons. The quantitative estimate of drug-likeness (QED) is 0.872. The summed E-state index contributed by atoms with van der Waals surface area (Å²) in [6.45, 7) is 3.96. The minimum absolute atomic E-state index is 0.0908. The van der Waals surface area contributed by atoms with Crippen LogP contribution in [0, 0.1) is 0 Å². The van der Waals surface area contributed by atoms with Gasteiger partial charge in [-0.2, -0.15) is 0 Å². The maximum atomic E-state index is 11.1. The van der Waals surface area contributed by atoms with E-state index in [-0.39, 0.29) is 18.0 Å². The second kappa shape index (κ2) is 6.01. The summed E-state index contributed by atoms with van der Waals surface area (Å²) in [5.41, 5.74) is 6.43. The molecule has 0 fully saturated rings. The number of nitrogens with two attached hydrogens (primary N) is 1. The summed E-state index contributed by atoms with van der Waals surface area (Å²) >= 11 is 3.49. The summed E-state index contributed by atoms with van der Waals surface area (Å²) in [7, 11) is 0. The third-order valence-electron chi connectivity index (χ3n) is 2.57. The van der Waals surface area contributed by atoms with Crippen molar-refractivity contribution in [3.63, 3.8) is 0 Å². The number of carbonyl (C=O) groups excluding carboxylic acids is 1. The SMILES string of the molecule is CCC(N[C@H](C)c1ccccc1Br)C(N)=O. The smallest absolute Gasteiger partial charge is 0.234 e. The molecule has 0 aliphatic carbocycles. The Hall–Kier alpha value is -0.870. The number of nitrogens with one attached hydrogen (secondary N) is 1. The second-order valence-electron chi connectivity index (χ2n) is 3.77.